The van der Waals surface area contributed by atoms with E-state index in [4.69, 9.17) is 0 Å². The molecular weight excluding hydrogens is 366 g/mol. The fraction of sp³-hybridized carbons (Fsp3) is 0.238. The van der Waals surface area contributed by atoms with Gasteiger partial charge in [-0.15, -0.1) is 0 Å². The van der Waals surface area contributed by atoms with E-state index in [2.05, 4.69) is 37.7 Å². The summed E-state index contributed by atoms with van der Waals surface area (Å²) >= 11 is 0. The molecule has 0 aliphatic heterocycles. The molecule has 3 aromatic heterocycles. The van der Waals surface area contributed by atoms with E-state index in [0.717, 1.165) is 34.8 Å². The predicted molar refractivity (Wildman–Crippen MR) is 109 cm³/mol. The molecule has 0 bridgehead atoms. The van der Waals surface area contributed by atoms with Gasteiger partial charge in [0.1, 0.15) is 5.69 Å². The van der Waals surface area contributed by atoms with Crippen molar-refractivity contribution >= 4 is 5.91 Å². The minimum atomic E-state index is -0.189. The van der Waals surface area contributed by atoms with E-state index in [9.17, 15) is 4.79 Å². The number of hydrogen-bond acceptors (Lipinski definition) is 4. The molecule has 1 amide bonds. The van der Waals surface area contributed by atoms with Crippen LogP contribution in [-0.2, 0) is 20.1 Å². The van der Waals surface area contributed by atoms with E-state index < -0.39 is 0 Å². The van der Waals surface area contributed by atoms with E-state index in [-0.39, 0.29) is 5.91 Å². The lowest BCUT2D eigenvalue weighted by Crippen LogP contribution is -2.23. The molecule has 1 aromatic carbocycles. The van der Waals surface area contributed by atoms with Gasteiger partial charge in [-0.1, -0.05) is 24.3 Å². The van der Waals surface area contributed by atoms with Crippen molar-refractivity contribution in [3.05, 3.63) is 77.3 Å². The standard InChI is InChI=1S/C21H23N7O/c1-14-20(15(2)27(3)26-14)18-10-19(25-24-18)21(29)23-11-16-4-6-17(7-5-16)12-28-9-8-22-13-28/h4-10,13H,11-12H2,1-3H3,(H,23,29)(H,24,25). The fourth-order valence-corrected chi connectivity index (χ4v) is 3.34. The van der Waals surface area contributed by atoms with Crippen LogP contribution in [0.15, 0.2) is 49.1 Å². The number of H-pyrrole nitrogens is 1. The van der Waals surface area contributed by atoms with Crippen LogP contribution in [0.2, 0.25) is 0 Å². The summed E-state index contributed by atoms with van der Waals surface area (Å²) in [7, 11) is 1.90. The van der Waals surface area contributed by atoms with Gasteiger partial charge in [-0.3, -0.25) is 14.6 Å². The normalized spacial score (nSPS) is 11.0. The molecule has 3 heterocycles. The molecule has 0 fully saturated rings. The van der Waals surface area contributed by atoms with Crippen molar-refractivity contribution in [3.8, 4) is 11.3 Å². The maximum Gasteiger partial charge on any atom is 0.269 e. The quantitative estimate of drug-likeness (QED) is 0.530. The highest BCUT2D eigenvalue weighted by Crippen LogP contribution is 2.25. The number of carbonyl (C=O) groups is 1. The van der Waals surface area contributed by atoms with Crippen LogP contribution in [0.25, 0.3) is 11.3 Å². The van der Waals surface area contributed by atoms with Crippen molar-refractivity contribution in [1.82, 2.24) is 34.8 Å². The number of rotatable bonds is 6. The van der Waals surface area contributed by atoms with Crippen LogP contribution in [-0.4, -0.2) is 35.4 Å². The van der Waals surface area contributed by atoms with Crippen LogP contribution in [0.1, 0.15) is 33.0 Å². The number of benzene rings is 1. The Morgan fingerprint density at radius 2 is 1.93 bits per heavy atom. The Balaban J connectivity index is 1.38. The summed E-state index contributed by atoms with van der Waals surface area (Å²) in [5.41, 5.74) is 6.22. The van der Waals surface area contributed by atoms with Crippen molar-refractivity contribution < 1.29 is 4.79 Å². The van der Waals surface area contributed by atoms with Gasteiger partial charge in [-0.25, -0.2) is 4.98 Å². The number of aromatic nitrogens is 6. The lowest BCUT2D eigenvalue weighted by molar-refractivity contribution is 0.0946. The molecule has 0 radical (unpaired) electrons. The fourth-order valence-electron chi connectivity index (χ4n) is 3.34. The molecule has 0 aliphatic carbocycles. The predicted octanol–water partition coefficient (Wildman–Crippen LogP) is 2.60. The maximum atomic E-state index is 12.5. The molecular formula is C21H23N7O. The highest BCUT2D eigenvalue weighted by Gasteiger charge is 2.17. The summed E-state index contributed by atoms with van der Waals surface area (Å²) in [6, 6.07) is 9.93. The first-order chi connectivity index (χ1) is 14.0. The molecule has 0 saturated heterocycles. The zero-order valence-corrected chi connectivity index (χ0v) is 16.7. The average Bonchev–Trinajstić information content (AvgIpc) is 3.43. The number of amides is 1. The first-order valence-electron chi connectivity index (χ1n) is 9.39. The second-order valence-electron chi connectivity index (χ2n) is 7.07. The summed E-state index contributed by atoms with van der Waals surface area (Å²) in [6.45, 7) is 5.15. The number of nitrogens with zero attached hydrogens (tertiary/aromatic N) is 5. The molecule has 0 saturated carbocycles. The first-order valence-corrected chi connectivity index (χ1v) is 9.39. The van der Waals surface area contributed by atoms with Crippen molar-refractivity contribution in [2.45, 2.75) is 26.9 Å². The minimum Gasteiger partial charge on any atom is -0.347 e. The lowest BCUT2D eigenvalue weighted by Gasteiger charge is -2.06. The van der Waals surface area contributed by atoms with Crippen LogP contribution in [0, 0.1) is 13.8 Å². The minimum absolute atomic E-state index is 0.189. The van der Waals surface area contributed by atoms with Gasteiger partial charge in [0.05, 0.1) is 17.7 Å². The first kappa shape index (κ1) is 18.7. The molecule has 4 aromatic rings. The monoisotopic (exact) mass is 389 g/mol. The molecule has 0 aliphatic rings. The molecule has 8 nitrogen and oxygen atoms in total. The Morgan fingerprint density at radius 1 is 1.17 bits per heavy atom. The molecule has 29 heavy (non-hydrogen) atoms. The third-order valence-corrected chi connectivity index (χ3v) is 4.99. The second kappa shape index (κ2) is 7.75. The molecule has 2 N–H and O–H groups in total. The van der Waals surface area contributed by atoms with E-state index in [1.165, 1.54) is 5.56 Å². The summed E-state index contributed by atoms with van der Waals surface area (Å²) in [5, 5.41) is 14.5. The zero-order chi connectivity index (χ0) is 20.4. The third kappa shape index (κ3) is 3.96. The Bertz CT molecular complexity index is 1120. The van der Waals surface area contributed by atoms with Gasteiger partial charge in [-0.2, -0.15) is 10.2 Å². The third-order valence-electron chi connectivity index (χ3n) is 4.99. The van der Waals surface area contributed by atoms with E-state index in [1.54, 1.807) is 18.6 Å². The number of aryl methyl sites for hydroxylation is 2. The van der Waals surface area contributed by atoms with Crippen LogP contribution in [0.5, 0.6) is 0 Å². The zero-order valence-electron chi connectivity index (χ0n) is 16.7. The van der Waals surface area contributed by atoms with Gasteiger partial charge < -0.3 is 9.88 Å². The number of imidazole rings is 1. The Hall–Kier alpha value is -3.68. The van der Waals surface area contributed by atoms with Crippen molar-refractivity contribution in [3.63, 3.8) is 0 Å². The van der Waals surface area contributed by atoms with Gasteiger partial charge >= 0.3 is 0 Å². The average molecular weight is 389 g/mol. The number of nitrogens with one attached hydrogen (secondary N) is 2. The SMILES string of the molecule is Cc1nn(C)c(C)c1-c1cc(C(=O)NCc2ccc(Cn3ccnc3)cc2)[nH]n1. The van der Waals surface area contributed by atoms with E-state index in [1.807, 2.05) is 48.5 Å². The van der Waals surface area contributed by atoms with Gasteiger partial charge in [0, 0.05) is 43.8 Å². The topological polar surface area (TPSA) is 93.4 Å². The largest absolute Gasteiger partial charge is 0.347 e. The summed E-state index contributed by atoms with van der Waals surface area (Å²) in [5.74, 6) is -0.189. The summed E-state index contributed by atoms with van der Waals surface area (Å²) in [4.78, 5) is 16.6. The van der Waals surface area contributed by atoms with Crippen LogP contribution in [0.3, 0.4) is 0 Å². The summed E-state index contributed by atoms with van der Waals surface area (Å²) < 4.78 is 3.83. The highest BCUT2D eigenvalue weighted by atomic mass is 16.1. The Kier molecular flexibility index (Phi) is 4.99. The Morgan fingerprint density at radius 3 is 2.59 bits per heavy atom. The molecule has 0 spiro atoms. The second-order valence-corrected chi connectivity index (χ2v) is 7.07. The lowest BCUT2D eigenvalue weighted by atomic mass is 10.1. The maximum absolute atomic E-state index is 12.5. The van der Waals surface area contributed by atoms with Crippen molar-refractivity contribution in [1.29, 1.82) is 0 Å². The molecule has 0 atom stereocenters. The van der Waals surface area contributed by atoms with Gasteiger partial charge in [0.25, 0.3) is 5.91 Å². The van der Waals surface area contributed by atoms with Gasteiger partial charge in [-0.05, 0) is 31.0 Å². The van der Waals surface area contributed by atoms with Crippen LogP contribution < -0.4 is 5.32 Å². The summed E-state index contributed by atoms with van der Waals surface area (Å²) in [6.07, 6.45) is 5.49. The van der Waals surface area contributed by atoms with E-state index in [0.29, 0.717) is 12.2 Å². The van der Waals surface area contributed by atoms with E-state index >= 15 is 0 Å². The number of aromatic amines is 1. The van der Waals surface area contributed by atoms with Gasteiger partial charge in [0.2, 0.25) is 0 Å². The smallest absolute Gasteiger partial charge is 0.269 e. The van der Waals surface area contributed by atoms with Gasteiger partial charge in [0.15, 0.2) is 0 Å². The molecule has 0 unspecified atom stereocenters. The molecule has 148 valence electrons. The van der Waals surface area contributed by atoms with Crippen LogP contribution >= 0.6 is 0 Å². The Labute approximate surface area is 168 Å². The van der Waals surface area contributed by atoms with Crippen molar-refractivity contribution in [2.24, 2.45) is 7.05 Å². The number of carbonyl (C=O) groups excluding carboxylic acids is 1. The number of hydrogen-bond donors (Lipinski definition) is 2. The molecule has 4 rings (SSSR count). The van der Waals surface area contributed by atoms with Crippen LogP contribution in [0.4, 0.5) is 0 Å². The van der Waals surface area contributed by atoms with Crippen molar-refractivity contribution in [2.75, 3.05) is 0 Å². The highest BCUT2D eigenvalue weighted by molar-refractivity contribution is 5.93. The molecule has 8 heteroatoms.